The average Bonchev–Trinajstić information content (AvgIpc) is 2.87. The van der Waals surface area contributed by atoms with Gasteiger partial charge in [-0.2, -0.15) is 0 Å². The number of hydrogen-bond donors (Lipinski definition) is 5. The fourth-order valence-corrected chi connectivity index (χ4v) is 3.78. The Morgan fingerprint density at radius 3 is 2.29 bits per heavy atom. The zero-order chi connectivity index (χ0) is 25.2. The molecule has 0 saturated carbocycles. The Morgan fingerprint density at radius 2 is 1.63 bits per heavy atom. The van der Waals surface area contributed by atoms with E-state index in [4.69, 9.17) is 4.74 Å². The molecule has 0 aliphatic heterocycles. The minimum absolute atomic E-state index is 0.0166. The third-order valence-corrected chi connectivity index (χ3v) is 5.90. The largest absolute Gasteiger partial charge is 0.508 e. The van der Waals surface area contributed by atoms with E-state index in [1.54, 1.807) is 19.2 Å². The van der Waals surface area contributed by atoms with Gasteiger partial charge in [-0.15, -0.1) is 0 Å². The van der Waals surface area contributed by atoms with Gasteiger partial charge in [-0.05, 0) is 59.9 Å². The number of amides is 1. The van der Waals surface area contributed by atoms with Crippen molar-refractivity contribution in [3.63, 3.8) is 0 Å². The first-order valence-electron chi connectivity index (χ1n) is 11.7. The van der Waals surface area contributed by atoms with Crippen LogP contribution in [-0.2, 0) is 30.8 Å². The van der Waals surface area contributed by atoms with Crippen LogP contribution in [0.2, 0.25) is 0 Å². The van der Waals surface area contributed by atoms with Crippen LogP contribution < -0.4 is 15.4 Å². The van der Waals surface area contributed by atoms with Crippen LogP contribution in [0.15, 0.2) is 66.7 Å². The van der Waals surface area contributed by atoms with Gasteiger partial charge in [-0.1, -0.05) is 42.5 Å². The topological polar surface area (TPSA) is 111 Å². The van der Waals surface area contributed by atoms with Gasteiger partial charge < -0.3 is 30.7 Å². The predicted octanol–water partition coefficient (Wildman–Crippen LogP) is 3.01. The smallest absolute Gasteiger partial charge is 0.224 e. The van der Waals surface area contributed by atoms with Crippen molar-refractivity contribution in [2.45, 2.75) is 45.1 Å². The molecule has 35 heavy (non-hydrogen) atoms. The average molecular weight is 479 g/mol. The first kappa shape index (κ1) is 26.2. The number of phenols is 1. The van der Waals surface area contributed by atoms with Crippen LogP contribution in [-0.4, -0.2) is 40.9 Å². The van der Waals surface area contributed by atoms with Crippen molar-refractivity contribution in [2.24, 2.45) is 0 Å². The van der Waals surface area contributed by atoms with Crippen LogP contribution in [0.3, 0.4) is 0 Å². The molecule has 3 aromatic rings. The van der Waals surface area contributed by atoms with Gasteiger partial charge >= 0.3 is 0 Å². The lowest BCUT2D eigenvalue weighted by atomic mass is 10.0. The van der Waals surface area contributed by atoms with Gasteiger partial charge in [-0.3, -0.25) is 4.79 Å². The minimum atomic E-state index is -0.748. The third-order valence-electron chi connectivity index (χ3n) is 5.90. The van der Waals surface area contributed by atoms with E-state index in [9.17, 15) is 20.1 Å². The molecule has 1 amide bonds. The van der Waals surface area contributed by atoms with Gasteiger partial charge in [0, 0.05) is 24.7 Å². The summed E-state index contributed by atoms with van der Waals surface area (Å²) in [5, 5.41) is 35.7. The SMILES string of the molecule is COc1ccc(CNC(=O)Cc2ccc(C[C@@H](C)NC[C@H](O)c3ccc(O)c(CO)c3)cc2)cc1. The highest BCUT2D eigenvalue weighted by molar-refractivity contribution is 5.78. The molecular formula is C28H34N2O5. The second kappa shape index (κ2) is 12.9. The second-order valence-electron chi connectivity index (χ2n) is 8.69. The van der Waals surface area contributed by atoms with E-state index in [0.717, 1.165) is 28.9 Å². The van der Waals surface area contributed by atoms with Crippen LogP contribution in [0.1, 0.15) is 40.8 Å². The quantitative estimate of drug-likeness (QED) is 0.274. The molecule has 0 bridgehead atoms. The molecule has 0 spiro atoms. The highest BCUT2D eigenvalue weighted by atomic mass is 16.5. The van der Waals surface area contributed by atoms with Gasteiger partial charge in [0.2, 0.25) is 5.91 Å². The number of hydrogen-bond acceptors (Lipinski definition) is 6. The van der Waals surface area contributed by atoms with Gasteiger partial charge in [0.05, 0.1) is 26.2 Å². The Bertz CT molecular complexity index is 1080. The van der Waals surface area contributed by atoms with Crippen LogP contribution in [0.25, 0.3) is 0 Å². The van der Waals surface area contributed by atoms with Crippen LogP contribution in [0.4, 0.5) is 0 Å². The molecule has 186 valence electrons. The van der Waals surface area contributed by atoms with Gasteiger partial charge in [-0.25, -0.2) is 0 Å². The number of carbonyl (C=O) groups excluding carboxylic acids is 1. The van der Waals surface area contributed by atoms with Crippen molar-refractivity contribution >= 4 is 5.91 Å². The molecule has 3 aromatic carbocycles. The Morgan fingerprint density at radius 1 is 0.971 bits per heavy atom. The fourth-order valence-electron chi connectivity index (χ4n) is 3.78. The zero-order valence-corrected chi connectivity index (χ0v) is 20.2. The summed E-state index contributed by atoms with van der Waals surface area (Å²) in [6.07, 6.45) is 0.342. The summed E-state index contributed by atoms with van der Waals surface area (Å²) in [7, 11) is 1.62. The van der Waals surface area contributed by atoms with Crippen molar-refractivity contribution < 1.29 is 24.9 Å². The summed E-state index contributed by atoms with van der Waals surface area (Å²) in [5.41, 5.74) is 4.13. The van der Waals surface area contributed by atoms with Gasteiger partial charge in [0.15, 0.2) is 0 Å². The zero-order valence-electron chi connectivity index (χ0n) is 20.2. The number of aliphatic hydroxyl groups is 2. The number of aromatic hydroxyl groups is 1. The summed E-state index contributed by atoms with van der Waals surface area (Å²) in [6.45, 7) is 2.59. The lowest BCUT2D eigenvalue weighted by Crippen LogP contribution is -2.32. The molecule has 7 heteroatoms. The Kier molecular flexibility index (Phi) is 9.66. The van der Waals surface area contributed by atoms with Crippen molar-refractivity contribution in [3.8, 4) is 11.5 Å². The molecule has 0 heterocycles. The number of aliphatic hydroxyl groups excluding tert-OH is 2. The third kappa shape index (κ3) is 8.10. The number of rotatable bonds is 12. The van der Waals surface area contributed by atoms with Gasteiger partial charge in [0.1, 0.15) is 11.5 Å². The summed E-state index contributed by atoms with van der Waals surface area (Å²) < 4.78 is 5.14. The predicted molar refractivity (Wildman–Crippen MR) is 135 cm³/mol. The van der Waals surface area contributed by atoms with Crippen LogP contribution in [0.5, 0.6) is 11.5 Å². The van der Waals surface area contributed by atoms with E-state index in [2.05, 4.69) is 10.6 Å². The number of methoxy groups -OCH3 is 1. The first-order chi connectivity index (χ1) is 16.9. The van der Waals surface area contributed by atoms with E-state index in [0.29, 0.717) is 30.6 Å². The number of ether oxygens (including phenoxy) is 1. The molecule has 0 aliphatic carbocycles. The second-order valence-corrected chi connectivity index (χ2v) is 8.69. The van der Waals surface area contributed by atoms with Crippen molar-refractivity contribution in [3.05, 3.63) is 94.5 Å². The number of benzene rings is 3. The highest BCUT2D eigenvalue weighted by Gasteiger charge is 2.12. The first-order valence-corrected chi connectivity index (χ1v) is 11.7. The van der Waals surface area contributed by atoms with E-state index in [-0.39, 0.29) is 24.3 Å². The lowest BCUT2D eigenvalue weighted by Gasteiger charge is -2.18. The summed E-state index contributed by atoms with van der Waals surface area (Å²) in [4.78, 5) is 12.3. The molecular weight excluding hydrogens is 444 g/mol. The van der Waals surface area contributed by atoms with Crippen molar-refractivity contribution in [1.82, 2.24) is 10.6 Å². The maximum absolute atomic E-state index is 12.3. The molecule has 7 nitrogen and oxygen atoms in total. The monoisotopic (exact) mass is 478 g/mol. The molecule has 5 N–H and O–H groups in total. The minimum Gasteiger partial charge on any atom is -0.508 e. The molecule has 0 radical (unpaired) electrons. The molecule has 0 unspecified atom stereocenters. The van der Waals surface area contributed by atoms with E-state index in [1.165, 1.54) is 6.07 Å². The highest BCUT2D eigenvalue weighted by Crippen LogP contribution is 2.22. The Balaban J connectivity index is 1.42. The van der Waals surface area contributed by atoms with Crippen LogP contribution in [0, 0.1) is 0 Å². The maximum atomic E-state index is 12.3. The van der Waals surface area contributed by atoms with E-state index >= 15 is 0 Å². The number of carbonyl (C=O) groups is 1. The maximum Gasteiger partial charge on any atom is 0.224 e. The Labute approximate surface area is 206 Å². The normalized spacial score (nSPS) is 12.7. The van der Waals surface area contributed by atoms with E-state index < -0.39 is 6.10 Å². The Hall–Kier alpha value is -3.39. The molecule has 0 aromatic heterocycles. The summed E-state index contributed by atoms with van der Waals surface area (Å²) >= 11 is 0. The molecule has 0 aliphatic rings. The van der Waals surface area contributed by atoms with Crippen molar-refractivity contribution in [2.75, 3.05) is 13.7 Å². The molecule has 0 fully saturated rings. The molecule has 2 atom stereocenters. The lowest BCUT2D eigenvalue weighted by molar-refractivity contribution is -0.120. The fraction of sp³-hybridized carbons (Fsp3) is 0.321. The van der Waals surface area contributed by atoms with Crippen molar-refractivity contribution in [1.29, 1.82) is 0 Å². The summed E-state index contributed by atoms with van der Waals surface area (Å²) in [5.74, 6) is 0.772. The molecule has 3 rings (SSSR count). The van der Waals surface area contributed by atoms with Crippen LogP contribution >= 0.6 is 0 Å². The number of nitrogens with one attached hydrogen (secondary N) is 2. The van der Waals surface area contributed by atoms with E-state index in [1.807, 2.05) is 55.5 Å². The summed E-state index contributed by atoms with van der Waals surface area (Å²) in [6, 6.07) is 20.4. The molecule has 0 saturated heterocycles. The van der Waals surface area contributed by atoms with Gasteiger partial charge in [0.25, 0.3) is 0 Å². The standard InChI is InChI=1S/C28H34N2O5/c1-19(29-17-27(33)23-9-12-26(32)24(15-23)18-31)13-20-3-5-21(6-4-20)14-28(34)30-16-22-7-10-25(35-2)11-8-22/h3-12,15,19,27,29,31-33H,13-14,16-18H2,1-2H3,(H,30,34)/t19-,27+/m1/s1.